The summed E-state index contributed by atoms with van der Waals surface area (Å²) < 4.78 is 0. The zero-order valence-corrected chi connectivity index (χ0v) is 11.0. The van der Waals surface area contributed by atoms with Crippen molar-refractivity contribution in [1.82, 2.24) is 5.32 Å². The van der Waals surface area contributed by atoms with Crippen LogP contribution in [0.2, 0.25) is 0 Å². The maximum atomic E-state index is 11.3. The minimum Gasteiger partial charge on any atom is -0.481 e. The van der Waals surface area contributed by atoms with E-state index in [4.69, 9.17) is 5.11 Å². The molecule has 0 saturated heterocycles. The van der Waals surface area contributed by atoms with Crippen molar-refractivity contribution in [2.75, 3.05) is 18.1 Å². The Balaban J connectivity index is 3.47. The fourth-order valence-electron chi connectivity index (χ4n) is 0.951. The van der Waals surface area contributed by atoms with Crippen molar-refractivity contribution in [3.8, 4) is 0 Å². The highest BCUT2D eigenvalue weighted by molar-refractivity contribution is 7.99. The van der Waals surface area contributed by atoms with Crippen molar-refractivity contribution in [1.29, 1.82) is 0 Å². The number of carbonyl (C=O) groups is 2. The van der Waals surface area contributed by atoms with Gasteiger partial charge in [-0.3, -0.25) is 9.59 Å². The Bertz CT molecular complexity index is 231. The first-order valence-corrected chi connectivity index (χ1v) is 6.66. The highest BCUT2D eigenvalue weighted by atomic mass is 32.2. The average Bonchev–Trinajstić information content (AvgIpc) is 2.16. The molecule has 16 heavy (non-hydrogen) atoms. The van der Waals surface area contributed by atoms with Crippen LogP contribution in [-0.2, 0) is 9.59 Å². The van der Waals surface area contributed by atoms with Crippen molar-refractivity contribution in [3.63, 3.8) is 0 Å². The molecule has 1 unspecified atom stereocenters. The first-order valence-electron chi connectivity index (χ1n) is 5.50. The van der Waals surface area contributed by atoms with E-state index in [2.05, 4.69) is 19.2 Å². The van der Waals surface area contributed by atoms with Crippen LogP contribution in [0, 0.1) is 11.8 Å². The lowest BCUT2D eigenvalue weighted by Crippen LogP contribution is -2.27. The highest BCUT2D eigenvalue weighted by Gasteiger charge is 2.11. The summed E-state index contributed by atoms with van der Waals surface area (Å²) >= 11 is 1.36. The molecule has 4 nitrogen and oxygen atoms in total. The van der Waals surface area contributed by atoms with Gasteiger partial charge in [-0.05, 0) is 12.3 Å². The topological polar surface area (TPSA) is 66.4 Å². The Morgan fingerprint density at radius 2 is 1.94 bits per heavy atom. The smallest absolute Gasteiger partial charge is 0.307 e. The minimum atomic E-state index is -0.812. The Labute approximate surface area is 101 Å². The van der Waals surface area contributed by atoms with Crippen molar-refractivity contribution in [2.45, 2.75) is 27.2 Å². The molecule has 2 N–H and O–H groups in total. The van der Waals surface area contributed by atoms with Gasteiger partial charge in [0.2, 0.25) is 5.91 Å². The third kappa shape index (κ3) is 8.59. The van der Waals surface area contributed by atoms with Crippen LogP contribution in [0.5, 0.6) is 0 Å². The van der Waals surface area contributed by atoms with Crippen LogP contribution in [-0.4, -0.2) is 35.0 Å². The predicted molar refractivity (Wildman–Crippen MR) is 66.6 cm³/mol. The third-order valence-electron chi connectivity index (χ3n) is 2.07. The molecule has 94 valence electrons. The SMILES string of the molecule is CC(C)CCNC(=O)CSCC(C)C(=O)O. The summed E-state index contributed by atoms with van der Waals surface area (Å²) in [5, 5.41) is 11.4. The van der Waals surface area contributed by atoms with E-state index in [0.717, 1.165) is 6.42 Å². The van der Waals surface area contributed by atoms with Gasteiger partial charge in [0.25, 0.3) is 0 Å². The minimum absolute atomic E-state index is 0.0109. The van der Waals surface area contributed by atoms with Gasteiger partial charge < -0.3 is 10.4 Å². The molecule has 1 amide bonds. The number of rotatable bonds is 8. The molecule has 0 aliphatic carbocycles. The lowest BCUT2D eigenvalue weighted by atomic mass is 10.1. The van der Waals surface area contributed by atoms with Crippen LogP contribution in [0.25, 0.3) is 0 Å². The average molecular weight is 247 g/mol. The van der Waals surface area contributed by atoms with E-state index in [1.54, 1.807) is 6.92 Å². The van der Waals surface area contributed by atoms with Crippen LogP contribution in [0.3, 0.4) is 0 Å². The van der Waals surface area contributed by atoms with E-state index in [9.17, 15) is 9.59 Å². The van der Waals surface area contributed by atoms with Gasteiger partial charge in [-0.2, -0.15) is 11.8 Å². The van der Waals surface area contributed by atoms with Crippen molar-refractivity contribution in [2.24, 2.45) is 11.8 Å². The number of hydrogen-bond donors (Lipinski definition) is 2. The number of carbonyl (C=O) groups excluding carboxylic acids is 1. The van der Waals surface area contributed by atoms with E-state index >= 15 is 0 Å². The second-order valence-electron chi connectivity index (χ2n) is 4.29. The van der Waals surface area contributed by atoms with Gasteiger partial charge in [-0.25, -0.2) is 0 Å². The van der Waals surface area contributed by atoms with E-state index in [1.807, 2.05) is 0 Å². The van der Waals surface area contributed by atoms with Gasteiger partial charge in [0, 0.05) is 12.3 Å². The molecule has 5 heteroatoms. The quantitative estimate of drug-likeness (QED) is 0.684. The normalized spacial score (nSPS) is 12.5. The Hall–Kier alpha value is -0.710. The zero-order valence-electron chi connectivity index (χ0n) is 10.2. The molecular formula is C11H21NO3S. The molecule has 0 saturated carbocycles. The van der Waals surface area contributed by atoms with Crippen molar-refractivity contribution < 1.29 is 14.7 Å². The van der Waals surface area contributed by atoms with Crippen LogP contribution in [0.1, 0.15) is 27.2 Å². The molecule has 0 spiro atoms. The van der Waals surface area contributed by atoms with Crippen molar-refractivity contribution >= 4 is 23.6 Å². The lowest BCUT2D eigenvalue weighted by molar-refractivity contribution is -0.140. The molecule has 0 bridgehead atoms. The second kappa shape index (κ2) is 8.44. The summed E-state index contributed by atoms with van der Waals surface area (Å²) in [4.78, 5) is 21.8. The number of carboxylic acids is 1. The Morgan fingerprint density at radius 3 is 2.44 bits per heavy atom. The summed E-state index contributed by atoms with van der Waals surface area (Å²) in [6, 6.07) is 0. The summed E-state index contributed by atoms with van der Waals surface area (Å²) in [6.45, 7) is 6.56. The van der Waals surface area contributed by atoms with Crippen LogP contribution in [0.4, 0.5) is 0 Å². The molecular weight excluding hydrogens is 226 g/mol. The first-order chi connectivity index (χ1) is 7.43. The van der Waals surface area contributed by atoms with Crippen LogP contribution >= 0.6 is 11.8 Å². The Kier molecular flexibility index (Phi) is 8.07. The zero-order chi connectivity index (χ0) is 12.6. The molecule has 0 aromatic heterocycles. The summed E-state index contributed by atoms with van der Waals surface area (Å²) in [6.07, 6.45) is 0.974. The van der Waals surface area contributed by atoms with Crippen molar-refractivity contribution in [3.05, 3.63) is 0 Å². The number of aliphatic carboxylic acids is 1. The lowest BCUT2D eigenvalue weighted by Gasteiger charge is -2.08. The summed E-state index contributed by atoms with van der Waals surface area (Å²) in [7, 11) is 0. The monoisotopic (exact) mass is 247 g/mol. The van der Waals surface area contributed by atoms with Crippen LogP contribution in [0.15, 0.2) is 0 Å². The van der Waals surface area contributed by atoms with Gasteiger partial charge in [-0.15, -0.1) is 0 Å². The fourth-order valence-corrected chi connectivity index (χ4v) is 1.85. The van der Waals surface area contributed by atoms with Crippen LogP contribution < -0.4 is 5.32 Å². The highest BCUT2D eigenvalue weighted by Crippen LogP contribution is 2.08. The molecule has 0 fully saturated rings. The van der Waals surface area contributed by atoms with Gasteiger partial charge in [0.15, 0.2) is 0 Å². The summed E-state index contributed by atoms with van der Waals surface area (Å²) in [5.74, 6) is 0.187. The number of nitrogens with one attached hydrogen (secondary N) is 1. The molecule has 0 aliphatic rings. The maximum absolute atomic E-state index is 11.3. The number of thioether (sulfide) groups is 1. The van der Waals surface area contributed by atoms with Gasteiger partial charge in [-0.1, -0.05) is 20.8 Å². The molecule has 0 heterocycles. The summed E-state index contributed by atoms with van der Waals surface area (Å²) in [5.41, 5.74) is 0. The van der Waals surface area contributed by atoms with E-state index in [0.29, 0.717) is 24.0 Å². The Morgan fingerprint density at radius 1 is 1.31 bits per heavy atom. The standard InChI is InChI=1S/C11H21NO3S/c1-8(2)4-5-12-10(13)7-16-6-9(3)11(14)15/h8-9H,4-7H2,1-3H3,(H,12,13)(H,14,15). The molecule has 0 aromatic rings. The van der Waals surface area contributed by atoms with E-state index in [1.165, 1.54) is 11.8 Å². The molecule has 0 rings (SSSR count). The molecule has 0 aromatic carbocycles. The fraction of sp³-hybridized carbons (Fsp3) is 0.818. The van der Waals surface area contributed by atoms with E-state index in [-0.39, 0.29) is 5.91 Å². The maximum Gasteiger partial charge on any atom is 0.307 e. The second-order valence-corrected chi connectivity index (χ2v) is 5.32. The van der Waals surface area contributed by atoms with Gasteiger partial charge in [0.1, 0.15) is 0 Å². The molecule has 0 radical (unpaired) electrons. The van der Waals surface area contributed by atoms with Gasteiger partial charge in [0.05, 0.1) is 11.7 Å². The van der Waals surface area contributed by atoms with Gasteiger partial charge >= 0.3 is 5.97 Å². The molecule has 0 aliphatic heterocycles. The molecule has 1 atom stereocenters. The largest absolute Gasteiger partial charge is 0.481 e. The third-order valence-corrected chi connectivity index (χ3v) is 3.27. The van der Waals surface area contributed by atoms with E-state index < -0.39 is 11.9 Å². The number of carboxylic acid groups (broad SMARTS) is 1. The number of hydrogen-bond acceptors (Lipinski definition) is 3. The first kappa shape index (κ1) is 15.3. The number of amides is 1. The predicted octanol–water partition coefficient (Wildman–Crippen LogP) is 1.60.